The molecule has 0 aliphatic heterocycles. The molecule has 2 amide bonds. The van der Waals surface area contributed by atoms with E-state index >= 15 is 0 Å². The van der Waals surface area contributed by atoms with Crippen LogP contribution in [0.2, 0.25) is 0 Å². The number of alkyl carbamates (subject to hydrolysis) is 1. The zero-order valence-electron chi connectivity index (χ0n) is 18.8. The van der Waals surface area contributed by atoms with Crippen molar-refractivity contribution in [2.24, 2.45) is 0 Å². The highest BCUT2D eigenvalue weighted by Crippen LogP contribution is 2.44. The van der Waals surface area contributed by atoms with E-state index in [4.69, 9.17) is 9.84 Å². The van der Waals surface area contributed by atoms with E-state index in [1.807, 2.05) is 31.2 Å². The number of aromatic carboxylic acids is 1. The molecule has 3 aromatic carbocycles. The van der Waals surface area contributed by atoms with E-state index in [1.54, 1.807) is 0 Å². The minimum absolute atomic E-state index is 0.0321. The van der Waals surface area contributed by atoms with Crippen LogP contribution in [-0.2, 0) is 9.53 Å². The zero-order chi connectivity index (χ0) is 24.1. The van der Waals surface area contributed by atoms with Crippen LogP contribution in [0.4, 0.5) is 10.5 Å². The average Bonchev–Trinajstić information content (AvgIpc) is 3.16. The van der Waals surface area contributed by atoms with Crippen molar-refractivity contribution in [2.75, 3.05) is 11.9 Å². The van der Waals surface area contributed by atoms with Crippen molar-refractivity contribution in [2.45, 2.75) is 31.7 Å². The molecule has 3 N–H and O–H groups in total. The Morgan fingerprint density at radius 2 is 1.50 bits per heavy atom. The molecule has 0 fully saturated rings. The van der Waals surface area contributed by atoms with Gasteiger partial charge in [-0.05, 0) is 52.9 Å². The maximum Gasteiger partial charge on any atom is 0.407 e. The molecule has 0 unspecified atom stereocenters. The second-order valence-electron chi connectivity index (χ2n) is 8.21. The lowest BCUT2D eigenvalue weighted by atomic mass is 9.98. The number of anilines is 1. The van der Waals surface area contributed by atoms with Crippen LogP contribution < -0.4 is 10.6 Å². The number of carboxylic acids is 1. The molecular formula is C27H26N2O5. The zero-order valence-corrected chi connectivity index (χ0v) is 18.8. The number of hydrogen-bond acceptors (Lipinski definition) is 4. The number of rotatable bonds is 8. The van der Waals surface area contributed by atoms with Crippen molar-refractivity contribution in [3.05, 3.63) is 89.5 Å². The molecule has 0 heterocycles. The Morgan fingerprint density at radius 1 is 0.912 bits per heavy atom. The van der Waals surface area contributed by atoms with Crippen LogP contribution in [0, 0.1) is 0 Å². The van der Waals surface area contributed by atoms with E-state index in [-0.39, 0.29) is 30.4 Å². The molecule has 3 aromatic rings. The van der Waals surface area contributed by atoms with Crippen LogP contribution in [-0.4, -0.2) is 35.7 Å². The summed E-state index contributed by atoms with van der Waals surface area (Å²) >= 11 is 0. The van der Waals surface area contributed by atoms with Gasteiger partial charge in [0.1, 0.15) is 6.61 Å². The van der Waals surface area contributed by atoms with Crippen LogP contribution in [0.3, 0.4) is 0 Å². The first-order chi connectivity index (χ1) is 16.5. The third-order valence-corrected chi connectivity index (χ3v) is 6.01. The van der Waals surface area contributed by atoms with Gasteiger partial charge in [0.2, 0.25) is 5.91 Å². The Hall–Kier alpha value is -4.13. The van der Waals surface area contributed by atoms with Crippen molar-refractivity contribution in [3.63, 3.8) is 0 Å². The summed E-state index contributed by atoms with van der Waals surface area (Å²) in [6.07, 6.45) is 0.0593. The fourth-order valence-electron chi connectivity index (χ4n) is 4.24. The topological polar surface area (TPSA) is 105 Å². The number of carbonyl (C=O) groups is 3. The van der Waals surface area contributed by atoms with Crippen LogP contribution in [0.1, 0.15) is 47.2 Å². The molecule has 34 heavy (non-hydrogen) atoms. The summed E-state index contributed by atoms with van der Waals surface area (Å²) in [6.45, 7) is 2.09. The fraction of sp³-hybridized carbons (Fsp3) is 0.222. The molecule has 7 nitrogen and oxygen atoms in total. The standard InChI is InChI=1S/C27H26N2O5/c1-2-18(15-25(30)28-19-13-11-17(12-14-19)26(31)32)29-27(33)34-16-24-22-9-5-3-7-20(22)21-8-4-6-10-23(21)24/h3-14,18,24H,2,15-16H2,1H3,(H,28,30)(H,29,33)(H,31,32)/t18-/m0/s1. The molecule has 1 aliphatic carbocycles. The smallest absolute Gasteiger partial charge is 0.407 e. The second kappa shape index (κ2) is 10.2. The number of carbonyl (C=O) groups excluding carboxylic acids is 2. The van der Waals surface area contributed by atoms with Crippen molar-refractivity contribution >= 4 is 23.7 Å². The van der Waals surface area contributed by atoms with Gasteiger partial charge < -0.3 is 20.5 Å². The van der Waals surface area contributed by atoms with Gasteiger partial charge in [-0.25, -0.2) is 9.59 Å². The van der Waals surface area contributed by atoms with E-state index in [1.165, 1.54) is 24.3 Å². The van der Waals surface area contributed by atoms with E-state index in [0.29, 0.717) is 12.1 Å². The van der Waals surface area contributed by atoms with Crippen LogP contribution >= 0.6 is 0 Å². The molecule has 0 saturated heterocycles. The number of hydrogen-bond donors (Lipinski definition) is 3. The third kappa shape index (κ3) is 5.09. The summed E-state index contributed by atoms with van der Waals surface area (Å²) in [4.78, 5) is 35.9. The minimum atomic E-state index is -1.03. The second-order valence-corrected chi connectivity index (χ2v) is 8.21. The Labute approximate surface area is 197 Å². The monoisotopic (exact) mass is 458 g/mol. The minimum Gasteiger partial charge on any atom is -0.478 e. The fourth-order valence-corrected chi connectivity index (χ4v) is 4.24. The van der Waals surface area contributed by atoms with Gasteiger partial charge in [0.05, 0.1) is 5.56 Å². The largest absolute Gasteiger partial charge is 0.478 e. The maximum absolute atomic E-state index is 12.5. The number of ether oxygens (including phenoxy) is 1. The molecule has 0 spiro atoms. The molecule has 174 valence electrons. The summed E-state index contributed by atoms with van der Waals surface area (Å²) in [5, 5.41) is 14.5. The first-order valence-corrected chi connectivity index (χ1v) is 11.2. The van der Waals surface area contributed by atoms with E-state index < -0.39 is 18.1 Å². The van der Waals surface area contributed by atoms with Crippen LogP contribution in [0.25, 0.3) is 11.1 Å². The Morgan fingerprint density at radius 3 is 2.06 bits per heavy atom. The van der Waals surface area contributed by atoms with Crippen molar-refractivity contribution in [1.82, 2.24) is 5.32 Å². The number of carboxylic acid groups (broad SMARTS) is 1. The van der Waals surface area contributed by atoms with Crippen LogP contribution in [0.15, 0.2) is 72.8 Å². The molecule has 4 rings (SSSR count). The molecule has 0 radical (unpaired) electrons. The van der Waals surface area contributed by atoms with Gasteiger partial charge in [0.25, 0.3) is 0 Å². The number of amides is 2. The summed E-state index contributed by atoms with van der Waals surface area (Å²) in [6, 6.07) is 21.8. The molecule has 1 atom stereocenters. The van der Waals surface area contributed by atoms with E-state index in [9.17, 15) is 14.4 Å². The number of benzene rings is 3. The van der Waals surface area contributed by atoms with Gasteiger partial charge in [-0.15, -0.1) is 0 Å². The third-order valence-electron chi connectivity index (χ3n) is 6.01. The Balaban J connectivity index is 1.31. The molecule has 0 aromatic heterocycles. The summed E-state index contributed by atoms with van der Waals surface area (Å²) in [5.41, 5.74) is 5.22. The lowest BCUT2D eigenvalue weighted by Crippen LogP contribution is -2.38. The van der Waals surface area contributed by atoms with Gasteiger partial charge in [0.15, 0.2) is 0 Å². The predicted octanol–water partition coefficient (Wildman–Crippen LogP) is 5.03. The highest BCUT2D eigenvalue weighted by molar-refractivity contribution is 5.93. The van der Waals surface area contributed by atoms with Crippen molar-refractivity contribution in [1.29, 1.82) is 0 Å². The van der Waals surface area contributed by atoms with E-state index in [0.717, 1.165) is 22.3 Å². The Bertz CT molecular complexity index is 1160. The van der Waals surface area contributed by atoms with Gasteiger partial charge in [0, 0.05) is 24.1 Å². The van der Waals surface area contributed by atoms with Gasteiger partial charge in [-0.3, -0.25) is 4.79 Å². The average molecular weight is 459 g/mol. The molecular weight excluding hydrogens is 432 g/mol. The lowest BCUT2D eigenvalue weighted by molar-refractivity contribution is -0.116. The summed E-state index contributed by atoms with van der Waals surface area (Å²) in [5.74, 6) is -1.35. The first-order valence-electron chi connectivity index (χ1n) is 11.2. The summed E-state index contributed by atoms with van der Waals surface area (Å²) < 4.78 is 5.57. The SMILES string of the molecule is CC[C@@H](CC(=O)Nc1ccc(C(=O)O)cc1)NC(=O)OCC1c2ccccc2-c2ccccc21. The highest BCUT2D eigenvalue weighted by Gasteiger charge is 2.29. The van der Waals surface area contributed by atoms with E-state index in [2.05, 4.69) is 34.9 Å². The van der Waals surface area contributed by atoms with Crippen LogP contribution in [0.5, 0.6) is 0 Å². The molecule has 0 bridgehead atoms. The predicted molar refractivity (Wildman–Crippen MR) is 129 cm³/mol. The number of fused-ring (bicyclic) bond motifs is 3. The van der Waals surface area contributed by atoms with Gasteiger partial charge in [-0.1, -0.05) is 55.5 Å². The normalized spacial score (nSPS) is 12.9. The highest BCUT2D eigenvalue weighted by atomic mass is 16.5. The Kier molecular flexibility index (Phi) is 6.92. The number of nitrogens with one attached hydrogen (secondary N) is 2. The molecule has 1 aliphatic rings. The molecule has 7 heteroatoms. The lowest BCUT2D eigenvalue weighted by Gasteiger charge is -2.19. The quantitative estimate of drug-likeness (QED) is 0.439. The van der Waals surface area contributed by atoms with Crippen molar-refractivity contribution < 1.29 is 24.2 Å². The van der Waals surface area contributed by atoms with Gasteiger partial charge in [-0.2, -0.15) is 0 Å². The van der Waals surface area contributed by atoms with Gasteiger partial charge >= 0.3 is 12.1 Å². The van der Waals surface area contributed by atoms with Crippen molar-refractivity contribution in [3.8, 4) is 11.1 Å². The summed E-state index contributed by atoms with van der Waals surface area (Å²) in [7, 11) is 0. The maximum atomic E-state index is 12.5. The molecule has 0 saturated carbocycles. The first kappa shape index (κ1) is 23.0.